The molecule has 2 heteroatoms. The molecule has 0 heterocycles. The first-order valence-electron chi connectivity index (χ1n) is 6.14. The predicted octanol–water partition coefficient (Wildman–Crippen LogP) is 3.18. The lowest BCUT2D eigenvalue weighted by atomic mass is 9.77. The van der Waals surface area contributed by atoms with Crippen molar-refractivity contribution in [2.24, 2.45) is 17.3 Å². The molecular weight excluding hydrogens is 188 g/mol. The molecule has 0 rings (SSSR count). The van der Waals surface area contributed by atoms with Gasteiger partial charge in [0.15, 0.2) is 6.29 Å². The van der Waals surface area contributed by atoms with Gasteiger partial charge in [0.2, 0.25) is 0 Å². The van der Waals surface area contributed by atoms with Crippen LogP contribution < -0.4 is 0 Å². The molecular formula is C13H28O2. The lowest BCUT2D eigenvalue weighted by Gasteiger charge is -2.32. The predicted molar refractivity (Wildman–Crippen MR) is 64.5 cm³/mol. The van der Waals surface area contributed by atoms with E-state index in [9.17, 15) is 10.2 Å². The molecule has 0 bridgehead atoms. The highest BCUT2D eigenvalue weighted by molar-refractivity contribution is 4.77. The van der Waals surface area contributed by atoms with Crippen molar-refractivity contribution >= 4 is 0 Å². The molecule has 0 atom stereocenters. The van der Waals surface area contributed by atoms with Gasteiger partial charge in [-0.25, -0.2) is 0 Å². The minimum atomic E-state index is -1.19. The van der Waals surface area contributed by atoms with E-state index in [0.29, 0.717) is 11.8 Å². The molecule has 0 aliphatic carbocycles. The maximum Gasteiger partial charge on any atom is 0.156 e. The van der Waals surface area contributed by atoms with E-state index in [1.54, 1.807) is 0 Å². The Kier molecular flexibility index (Phi) is 6.46. The van der Waals surface area contributed by atoms with E-state index in [1.165, 1.54) is 0 Å². The third kappa shape index (κ3) is 6.16. The van der Waals surface area contributed by atoms with Crippen molar-refractivity contribution in [2.75, 3.05) is 0 Å². The van der Waals surface area contributed by atoms with Crippen LogP contribution in [0.4, 0.5) is 0 Å². The molecule has 0 fully saturated rings. The molecule has 15 heavy (non-hydrogen) atoms. The largest absolute Gasteiger partial charge is 0.368 e. The summed E-state index contributed by atoms with van der Waals surface area (Å²) < 4.78 is 0. The molecule has 0 saturated heterocycles. The van der Waals surface area contributed by atoms with Gasteiger partial charge in [0.05, 0.1) is 0 Å². The standard InChI is InChI=1S/C13H28O2/c1-10(2)6-8-13(5,12(14)15)9-7-11(3)4/h10-12,14-15H,6-9H2,1-5H3. The summed E-state index contributed by atoms with van der Waals surface area (Å²) in [6, 6.07) is 0. The molecule has 0 saturated carbocycles. The Hall–Kier alpha value is -0.0800. The van der Waals surface area contributed by atoms with E-state index in [2.05, 4.69) is 27.7 Å². The SMILES string of the molecule is CC(C)CCC(C)(CCC(C)C)C(O)O. The molecule has 0 unspecified atom stereocenters. The minimum Gasteiger partial charge on any atom is -0.368 e. The van der Waals surface area contributed by atoms with Crippen LogP contribution in [0.25, 0.3) is 0 Å². The number of hydrogen-bond acceptors (Lipinski definition) is 2. The Balaban J connectivity index is 4.19. The smallest absolute Gasteiger partial charge is 0.156 e. The fourth-order valence-electron chi connectivity index (χ4n) is 1.62. The summed E-state index contributed by atoms with van der Waals surface area (Å²) in [7, 11) is 0. The molecule has 0 aliphatic rings. The first-order chi connectivity index (χ1) is 6.78. The van der Waals surface area contributed by atoms with E-state index >= 15 is 0 Å². The highest BCUT2D eigenvalue weighted by atomic mass is 16.5. The number of aliphatic hydroxyl groups excluding tert-OH is 1. The molecule has 92 valence electrons. The van der Waals surface area contributed by atoms with E-state index in [1.807, 2.05) is 6.92 Å². The summed E-state index contributed by atoms with van der Waals surface area (Å²) in [5, 5.41) is 18.9. The van der Waals surface area contributed by atoms with Gasteiger partial charge >= 0.3 is 0 Å². The lowest BCUT2D eigenvalue weighted by molar-refractivity contribution is -0.137. The van der Waals surface area contributed by atoms with Gasteiger partial charge in [-0.05, 0) is 24.7 Å². The quantitative estimate of drug-likeness (QED) is 0.642. The van der Waals surface area contributed by atoms with Gasteiger partial charge in [0, 0.05) is 5.41 Å². The van der Waals surface area contributed by atoms with Gasteiger partial charge in [-0.15, -0.1) is 0 Å². The van der Waals surface area contributed by atoms with Crippen LogP contribution in [0.15, 0.2) is 0 Å². The number of hydrogen-bond donors (Lipinski definition) is 2. The molecule has 0 aliphatic heterocycles. The second kappa shape index (κ2) is 6.49. The fraction of sp³-hybridized carbons (Fsp3) is 1.00. The Morgan fingerprint density at radius 1 is 0.867 bits per heavy atom. The summed E-state index contributed by atoms with van der Waals surface area (Å²) in [6.45, 7) is 10.7. The second-order valence-corrected chi connectivity index (χ2v) is 5.89. The zero-order valence-corrected chi connectivity index (χ0v) is 11.0. The third-order valence-corrected chi connectivity index (χ3v) is 3.21. The molecule has 0 aromatic carbocycles. The summed E-state index contributed by atoms with van der Waals surface area (Å²) >= 11 is 0. The second-order valence-electron chi connectivity index (χ2n) is 5.89. The Bertz CT molecular complexity index is 150. The van der Waals surface area contributed by atoms with Crippen molar-refractivity contribution < 1.29 is 10.2 Å². The zero-order valence-electron chi connectivity index (χ0n) is 11.0. The van der Waals surface area contributed by atoms with Gasteiger partial charge in [-0.3, -0.25) is 0 Å². The average molecular weight is 216 g/mol. The summed E-state index contributed by atoms with van der Waals surface area (Å²) in [5.74, 6) is 1.25. The van der Waals surface area contributed by atoms with Crippen molar-refractivity contribution in [1.82, 2.24) is 0 Å². The zero-order chi connectivity index (χ0) is 12.1. The van der Waals surface area contributed by atoms with E-state index in [4.69, 9.17) is 0 Å². The molecule has 2 nitrogen and oxygen atoms in total. The van der Waals surface area contributed by atoms with E-state index < -0.39 is 6.29 Å². The van der Waals surface area contributed by atoms with E-state index in [0.717, 1.165) is 25.7 Å². The molecule has 0 radical (unpaired) electrons. The van der Waals surface area contributed by atoms with Gasteiger partial charge in [0.25, 0.3) is 0 Å². The maximum absolute atomic E-state index is 9.45. The van der Waals surface area contributed by atoms with Gasteiger partial charge in [-0.2, -0.15) is 0 Å². The number of aliphatic hydroxyl groups is 2. The molecule has 0 spiro atoms. The lowest BCUT2D eigenvalue weighted by Crippen LogP contribution is -2.32. The number of rotatable bonds is 7. The maximum atomic E-state index is 9.45. The van der Waals surface area contributed by atoms with Crippen molar-refractivity contribution in [3.8, 4) is 0 Å². The summed E-state index contributed by atoms with van der Waals surface area (Å²) in [6.07, 6.45) is 2.73. The fourth-order valence-corrected chi connectivity index (χ4v) is 1.62. The Morgan fingerprint density at radius 2 is 1.20 bits per heavy atom. The van der Waals surface area contributed by atoms with Crippen LogP contribution in [-0.4, -0.2) is 16.5 Å². The monoisotopic (exact) mass is 216 g/mol. The van der Waals surface area contributed by atoms with Crippen molar-refractivity contribution in [3.63, 3.8) is 0 Å². The normalized spacial score (nSPS) is 13.2. The van der Waals surface area contributed by atoms with Crippen LogP contribution in [0.3, 0.4) is 0 Å². The van der Waals surface area contributed by atoms with Crippen molar-refractivity contribution in [2.45, 2.75) is 66.6 Å². The van der Waals surface area contributed by atoms with Crippen molar-refractivity contribution in [3.05, 3.63) is 0 Å². The van der Waals surface area contributed by atoms with Crippen LogP contribution in [-0.2, 0) is 0 Å². The van der Waals surface area contributed by atoms with Gasteiger partial charge in [0.1, 0.15) is 0 Å². The van der Waals surface area contributed by atoms with Crippen molar-refractivity contribution in [1.29, 1.82) is 0 Å². The molecule has 0 amide bonds. The topological polar surface area (TPSA) is 40.5 Å². The summed E-state index contributed by atoms with van der Waals surface area (Å²) in [4.78, 5) is 0. The van der Waals surface area contributed by atoms with Crippen LogP contribution in [0.1, 0.15) is 60.3 Å². The third-order valence-electron chi connectivity index (χ3n) is 3.21. The van der Waals surface area contributed by atoms with Gasteiger partial charge < -0.3 is 10.2 Å². The van der Waals surface area contributed by atoms with Crippen LogP contribution in [0, 0.1) is 17.3 Å². The molecule has 2 N–H and O–H groups in total. The van der Waals surface area contributed by atoms with Crippen LogP contribution in [0.2, 0.25) is 0 Å². The molecule has 0 aromatic heterocycles. The van der Waals surface area contributed by atoms with Gasteiger partial charge in [-0.1, -0.05) is 47.5 Å². The average Bonchev–Trinajstić information content (AvgIpc) is 2.11. The Labute approximate surface area is 94.7 Å². The Morgan fingerprint density at radius 3 is 1.40 bits per heavy atom. The van der Waals surface area contributed by atoms with E-state index in [-0.39, 0.29) is 5.41 Å². The molecule has 0 aromatic rings. The first kappa shape index (κ1) is 14.9. The highest BCUT2D eigenvalue weighted by Gasteiger charge is 2.31. The first-order valence-corrected chi connectivity index (χ1v) is 6.14. The summed E-state index contributed by atoms with van der Waals surface area (Å²) in [5.41, 5.74) is -0.325. The van der Waals surface area contributed by atoms with Crippen LogP contribution >= 0.6 is 0 Å². The minimum absolute atomic E-state index is 0.325. The van der Waals surface area contributed by atoms with Crippen LogP contribution in [0.5, 0.6) is 0 Å². The highest BCUT2D eigenvalue weighted by Crippen LogP contribution is 2.34.